The summed E-state index contributed by atoms with van der Waals surface area (Å²) in [6.45, 7) is 2.68. The smallest absolute Gasteiger partial charge is 0.257 e. The first-order valence-electron chi connectivity index (χ1n) is 3.03. The van der Waals surface area contributed by atoms with Gasteiger partial charge in [-0.05, 0) is 18.7 Å². The molecule has 56 valence electrons. The van der Waals surface area contributed by atoms with Crippen LogP contribution in [0.1, 0.15) is 6.92 Å². The number of hydrogen-bond acceptors (Lipinski definition) is 4. The summed E-state index contributed by atoms with van der Waals surface area (Å²) >= 11 is 1.45. The lowest BCUT2D eigenvalue weighted by atomic mass is 10.9. The Morgan fingerprint density at radius 2 is 2.70 bits per heavy atom. The highest BCUT2D eigenvalue weighted by Gasteiger charge is 1.95. The molecule has 1 aromatic heterocycles. The van der Waals surface area contributed by atoms with Crippen molar-refractivity contribution in [1.29, 1.82) is 0 Å². The lowest BCUT2D eigenvalue weighted by molar-refractivity contribution is 0.198. The number of nitrogens with zero attached hydrogens (tertiary/aromatic N) is 1. The minimum Gasteiger partial charge on any atom is -0.440 e. The second-order valence-corrected chi connectivity index (χ2v) is 2.43. The molecular formula is C6H9NO2S. The quantitative estimate of drug-likeness (QED) is 0.381. The van der Waals surface area contributed by atoms with Crippen LogP contribution in [0.25, 0.3) is 0 Å². The maximum absolute atomic E-state index is 5.07. The fourth-order valence-corrected chi connectivity index (χ4v) is 1.07. The third-order valence-corrected chi connectivity index (χ3v) is 1.61. The summed E-state index contributed by atoms with van der Waals surface area (Å²) in [6.07, 6.45) is 3.17. The monoisotopic (exact) mass is 159 g/mol. The lowest BCUT2D eigenvalue weighted by Gasteiger charge is -1.94. The van der Waals surface area contributed by atoms with Crippen LogP contribution in [0.15, 0.2) is 22.1 Å². The standard InChI is InChI=1S/C6H9NO2S/c1-2-8-5-10-6-7-3-4-9-6/h3-4H,2,5H2,1H3. The van der Waals surface area contributed by atoms with Gasteiger partial charge in [-0.15, -0.1) is 0 Å². The van der Waals surface area contributed by atoms with Crippen LogP contribution in [0.3, 0.4) is 0 Å². The van der Waals surface area contributed by atoms with E-state index in [4.69, 9.17) is 9.15 Å². The van der Waals surface area contributed by atoms with Gasteiger partial charge in [0.1, 0.15) is 12.2 Å². The second-order valence-electron chi connectivity index (χ2n) is 1.55. The normalized spacial score (nSPS) is 10.1. The summed E-state index contributed by atoms with van der Waals surface area (Å²) < 4.78 is 10.0. The van der Waals surface area contributed by atoms with Gasteiger partial charge in [0.25, 0.3) is 5.22 Å². The zero-order valence-corrected chi connectivity index (χ0v) is 6.56. The Balaban J connectivity index is 2.15. The molecule has 1 heterocycles. The largest absolute Gasteiger partial charge is 0.440 e. The highest BCUT2D eigenvalue weighted by molar-refractivity contribution is 7.98. The average molecular weight is 159 g/mol. The van der Waals surface area contributed by atoms with E-state index in [0.29, 0.717) is 11.2 Å². The van der Waals surface area contributed by atoms with Crippen LogP contribution in [0.2, 0.25) is 0 Å². The van der Waals surface area contributed by atoms with Gasteiger partial charge in [0.2, 0.25) is 0 Å². The molecule has 1 rings (SSSR count). The number of aromatic nitrogens is 1. The molecule has 0 bridgehead atoms. The molecule has 10 heavy (non-hydrogen) atoms. The molecule has 0 aliphatic heterocycles. The Hall–Kier alpha value is -0.480. The van der Waals surface area contributed by atoms with Gasteiger partial charge >= 0.3 is 0 Å². The van der Waals surface area contributed by atoms with Gasteiger partial charge in [0.15, 0.2) is 0 Å². The Morgan fingerprint density at radius 1 is 1.80 bits per heavy atom. The Kier molecular flexibility index (Phi) is 3.32. The van der Waals surface area contributed by atoms with E-state index in [-0.39, 0.29) is 0 Å². The highest BCUT2D eigenvalue weighted by atomic mass is 32.2. The third kappa shape index (κ3) is 2.41. The molecule has 0 amide bonds. The van der Waals surface area contributed by atoms with Crippen LogP contribution in [-0.2, 0) is 4.74 Å². The van der Waals surface area contributed by atoms with Gasteiger partial charge in [-0.25, -0.2) is 4.98 Å². The number of oxazole rings is 1. The van der Waals surface area contributed by atoms with Gasteiger partial charge in [-0.2, -0.15) is 0 Å². The molecule has 0 aromatic carbocycles. The van der Waals surface area contributed by atoms with Crippen molar-refractivity contribution < 1.29 is 9.15 Å². The van der Waals surface area contributed by atoms with Gasteiger partial charge in [-0.1, -0.05) is 0 Å². The van der Waals surface area contributed by atoms with Gasteiger partial charge in [0, 0.05) is 6.61 Å². The Labute approximate surface area is 63.8 Å². The summed E-state index contributed by atoms with van der Waals surface area (Å²) in [5, 5.41) is 0.661. The fraction of sp³-hybridized carbons (Fsp3) is 0.500. The summed E-state index contributed by atoms with van der Waals surface area (Å²) in [4.78, 5) is 3.90. The van der Waals surface area contributed by atoms with Crippen molar-refractivity contribution in [3.63, 3.8) is 0 Å². The lowest BCUT2D eigenvalue weighted by Crippen LogP contribution is -1.87. The summed E-state index contributed by atoms with van der Waals surface area (Å²) in [5.41, 5.74) is 0. The first-order chi connectivity index (χ1) is 4.93. The maximum atomic E-state index is 5.07. The third-order valence-electron chi connectivity index (χ3n) is 0.880. The fourth-order valence-electron chi connectivity index (χ4n) is 0.457. The van der Waals surface area contributed by atoms with Crippen molar-refractivity contribution in [3.8, 4) is 0 Å². The molecule has 0 atom stereocenters. The molecule has 0 saturated carbocycles. The van der Waals surface area contributed by atoms with Gasteiger partial charge in [0.05, 0.1) is 6.20 Å². The SMILES string of the molecule is CCOCSc1ncco1. The molecule has 0 spiro atoms. The summed E-state index contributed by atoms with van der Waals surface area (Å²) in [6, 6.07) is 0. The van der Waals surface area contributed by atoms with E-state index in [2.05, 4.69) is 4.98 Å². The van der Waals surface area contributed by atoms with Crippen molar-refractivity contribution in [2.24, 2.45) is 0 Å². The van der Waals surface area contributed by atoms with E-state index in [0.717, 1.165) is 6.61 Å². The van der Waals surface area contributed by atoms with Gasteiger partial charge < -0.3 is 9.15 Å². The molecule has 1 aromatic rings. The van der Waals surface area contributed by atoms with Crippen LogP contribution in [0.4, 0.5) is 0 Å². The minimum atomic E-state index is 0.608. The topological polar surface area (TPSA) is 35.3 Å². The molecule has 0 N–H and O–H groups in total. The van der Waals surface area contributed by atoms with Gasteiger partial charge in [-0.3, -0.25) is 0 Å². The molecule has 3 nitrogen and oxygen atoms in total. The van der Waals surface area contributed by atoms with E-state index >= 15 is 0 Å². The van der Waals surface area contributed by atoms with E-state index < -0.39 is 0 Å². The van der Waals surface area contributed by atoms with E-state index in [1.807, 2.05) is 6.92 Å². The Bertz CT molecular complexity index is 164. The van der Waals surface area contributed by atoms with Crippen LogP contribution in [0, 0.1) is 0 Å². The highest BCUT2D eigenvalue weighted by Crippen LogP contribution is 2.13. The van der Waals surface area contributed by atoms with E-state index in [1.165, 1.54) is 11.8 Å². The molecule has 0 saturated heterocycles. The molecule has 4 heteroatoms. The molecule has 0 aliphatic carbocycles. The first kappa shape index (κ1) is 7.63. The van der Waals surface area contributed by atoms with Crippen LogP contribution in [-0.4, -0.2) is 17.5 Å². The zero-order chi connectivity index (χ0) is 7.23. The number of hydrogen-bond donors (Lipinski definition) is 0. The van der Waals surface area contributed by atoms with Crippen LogP contribution in [0.5, 0.6) is 0 Å². The van der Waals surface area contributed by atoms with E-state index in [1.54, 1.807) is 12.5 Å². The van der Waals surface area contributed by atoms with Crippen LogP contribution < -0.4 is 0 Å². The summed E-state index contributed by atoms with van der Waals surface area (Å²) in [5.74, 6) is 0.608. The molecule has 0 unspecified atom stereocenters. The molecule has 0 fully saturated rings. The number of ether oxygens (including phenoxy) is 1. The van der Waals surface area contributed by atoms with Crippen molar-refractivity contribution >= 4 is 11.8 Å². The van der Waals surface area contributed by atoms with E-state index in [9.17, 15) is 0 Å². The molecular weight excluding hydrogens is 150 g/mol. The maximum Gasteiger partial charge on any atom is 0.257 e. The summed E-state index contributed by atoms with van der Waals surface area (Å²) in [7, 11) is 0. The molecule has 0 aliphatic rings. The zero-order valence-electron chi connectivity index (χ0n) is 5.74. The Morgan fingerprint density at radius 3 is 3.30 bits per heavy atom. The average Bonchev–Trinajstić information content (AvgIpc) is 2.41. The van der Waals surface area contributed by atoms with Crippen molar-refractivity contribution in [2.45, 2.75) is 12.1 Å². The van der Waals surface area contributed by atoms with Crippen LogP contribution >= 0.6 is 11.8 Å². The minimum absolute atomic E-state index is 0.608. The number of thioether (sulfide) groups is 1. The first-order valence-corrected chi connectivity index (χ1v) is 4.02. The van der Waals surface area contributed by atoms with Crippen molar-refractivity contribution in [2.75, 3.05) is 12.5 Å². The van der Waals surface area contributed by atoms with Crippen molar-refractivity contribution in [1.82, 2.24) is 4.98 Å². The van der Waals surface area contributed by atoms with Crippen molar-refractivity contribution in [3.05, 3.63) is 12.5 Å². The molecule has 0 radical (unpaired) electrons. The second kappa shape index (κ2) is 4.35. The predicted octanol–water partition coefficient (Wildman–Crippen LogP) is 1.76. The predicted molar refractivity (Wildman–Crippen MR) is 38.9 cm³/mol. The number of rotatable bonds is 4.